The first-order valence-corrected chi connectivity index (χ1v) is 28.6. The summed E-state index contributed by atoms with van der Waals surface area (Å²) in [7, 11) is 4.53. The second-order valence-electron chi connectivity index (χ2n) is 22.5. The summed E-state index contributed by atoms with van der Waals surface area (Å²) < 4.78 is 32.0. The van der Waals surface area contributed by atoms with Gasteiger partial charge in [0.25, 0.3) is 0 Å². The molecule has 78 heavy (non-hydrogen) atoms. The Labute approximate surface area is 538 Å². The minimum absolute atomic E-state index is 0. The van der Waals surface area contributed by atoms with Crippen LogP contribution in [0.2, 0.25) is 0 Å². The van der Waals surface area contributed by atoms with Crippen LogP contribution in [0.15, 0.2) is 97.6 Å². The summed E-state index contributed by atoms with van der Waals surface area (Å²) in [6.45, 7) is 43.6. The summed E-state index contributed by atoms with van der Waals surface area (Å²) in [6, 6.07) is 27.0. The van der Waals surface area contributed by atoms with Gasteiger partial charge in [-0.2, -0.15) is 0 Å². The van der Waals surface area contributed by atoms with E-state index in [0.717, 1.165) is 0 Å². The molecule has 3 aliphatic rings. The summed E-state index contributed by atoms with van der Waals surface area (Å²) in [4.78, 5) is 9.30. The molecular weight excluding hydrogens is 1190 g/mol. The molecule has 14 heteroatoms. The molecular formula is C64H96B2KN4O6Tl. The van der Waals surface area contributed by atoms with Gasteiger partial charge in [-0.3, -0.25) is 0 Å². The fraction of sp³-hybridized carbons (Fsp3) is 0.562. The van der Waals surface area contributed by atoms with E-state index in [-0.39, 0.29) is 78.7 Å². The van der Waals surface area contributed by atoms with Gasteiger partial charge >= 0.3 is 78.7 Å². The Balaban J connectivity index is 0.000000313. The maximum absolute atomic E-state index is 5.33. The molecule has 0 amide bonds. The van der Waals surface area contributed by atoms with Crippen molar-refractivity contribution in [2.24, 2.45) is 0 Å². The number of hydrogen-bond acceptors (Lipinski definition) is 10. The smallest absolute Gasteiger partial charge is 0.564 e. The van der Waals surface area contributed by atoms with E-state index in [1.807, 2.05) is 0 Å². The first-order chi connectivity index (χ1) is 36.4. The van der Waals surface area contributed by atoms with Crippen molar-refractivity contribution in [2.45, 2.75) is 158 Å². The zero-order valence-corrected chi connectivity index (χ0v) is 58.9. The van der Waals surface area contributed by atoms with Crippen LogP contribution in [0.3, 0.4) is 0 Å². The molecule has 4 radical (unpaired) electrons. The summed E-state index contributed by atoms with van der Waals surface area (Å²) in [5.41, 5.74) is 16.6. The van der Waals surface area contributed by atoms with Crippen LogP contribution < -0.4 is 70.6 Å². The number of benzene rings is 4. The monoisotopic (exact) mass is 1280 g/mol. The number of ether oxygens (including phenoxy) is 6. The average molecular weight is 1280 g/mol. The molecule has 0 saturated carbocycles. The fourth-order valence-electron chi connectivity index (χ4n) is 9.80. The van der Waals surface area contributed by atoms with Crippen LogP contribution in [-0.4, -0.2) is 122 Å². The van der Waals surface area contributed by atoms with E-state index in [2.05, 4.69) is 243 Å². The number of nitrogens with zero attached hydrogens (tertiary/aromatic N) is 4. The van der Waals surface area contributed by atoms with Gasteiger partial charge in [-0.05, 0) is 117 Å². The van der Waals surface area contributed by atoms with E-state index in [9.17, 15) is 0 Å². The van der Waals surface area contributed by atoms with Crippen molar-refractivity contribution in [1.82, 2.24) is 0 Å². The van der Waals surface area contributed by atoms with Gasteiger partial charge in [0.1, 0.15) is 0 Å². The Bertz CT molecular complexity index is 1950. The number of hydrogen-bond donors (Lipinski definition) is 0. The largest absolute Gasteiger partial charge is 1.00 e. The molecule has 0 bridgehead atoms. The molecule has 0 spiro atoms. The third kappa shape index (κ3) is 20.7. The summed E-state index contributed by atoms with van der Waals surface area (Å²) in [5, 5.41) is 0. The summed E-state index contributed by atoms with van der Waals surface area (Å²) in [6.07, 6.45) is 8.87. The second kappa shape index (κ2) is 36.6. The van der Waals surface area contributed by atoms with Gasteiger partial charge in [-0.25, -0.2) is 0 Å². The Morgan fingerprint density at radius 3 is 0.513 bits per heavy atom. The quantitative estimate of drug-likeness (QED) is 0.128. The van der Waals surface area contributed by atoms with E-state index in [1.54, 1.807) is 0 Å². The molecule has 10 nitrogen and oxygen atoms in total. The number of anilines is 4. The zero-order valence-electron chi connectivity index (χ0n) is 51.3. The predicted octanol–water partition coefficient (Wildman–Crippen LogP) is 11.7. The number of para-hydroxylation sites is 4. The third-order valence-electron chi connectivity index (χ3n) is 13.9. The van der Waals surface area contributed by atoms with Crippen molar-refractivity contribution in [3.8, 4) is 0 Å². The molecule has 0 atom stereocenters. The van der Waals surface area contributed by atoms with E-state index in [1.165, 1.54) is 67.3 Å². The SMILES string of the molecule is C1COCCOCCOCCOCCOCCO1.CC(C)c1cccc(C(C)C)c1N1[B-]N(c2c(C(C)C)cccc2C(C)C)C=C1.CC(C)c1cccc(C(C)C)c1N1[B-]N(c2c(C(C)C)cccc2C(C)C)C=C1.[K+].[Tl+]. The van der Waals surface area contributed by atoms with Crippen molar-refractivity contribution in [2.75, 3.05) is 98.5 Å². The van der Waals surface area contributed by atoms with Crippen molar-refractivity contribution < 1.29 is 79.8 Å². The Hall–Kier alpha value is -1.99. The molecule has 7 rings (SSSR count). The van der Waals surface area contributed by atoms with Crippen LogP contribution in [-0.2, 0) is 28.4 Å². The van der Waals surface area contributed by atoms with E-state index in [4.69, 9.17) is 28.4 Å². The van der Waals surface area contributed by atoms with Crippen LogP contribution in [0.25, 0.3) is 0 Å². The Kier molecular flexibility index (Phi) is 32.9. The maximum Gasteiger partial charge on any atom is 1.00 e. The normalized spacial score (nSPS) is 16.2. The van der Waals surface area contributed by atoms with Crippen LogP contribution >= 0.6 is 0 Å². The predicted molar refractivity (Wildman–Crippen MR) is 329 cm³/mol. The average Bonchev–Trinajstić information content (AvgIpc) is 4.09. The molecule has 3 aliphatic heterocycles. The van der Waals surface area contributed by atoms with Crippen LogP contribution in [0.1, 0.15) is 203 Å². The molecule has 4 aromatic rings. The van der Waals surface area contributed by atoms with Gasteiger partial charge in [0.15, 0.2) is 0 Å². The summed E-state index contributed by atoms with van der Waals surface area (Å²) >= 11 is 0. The minimum Gasteiger partial charge on any atom is -0.564 e. The molecule has 3 heterocycles. The van der Waals surface area contributed by atoms with Gasteiger partial charge in [-0.15, -0.1) is 0 Å². The maximum atomic E-state index is 5.33. The van der Waals surface area contributed by atoms with Gasteiger partial charge in [0.05, 0.1) is 79.3 Å². The zero-order chi connectivity index (χ0) is 55.3. The van der Waals surface area contributed by atoms with E-state index < -0.39 is 0 Å². The van der Waals surface area contributed by atoms with Crippen molar-refractivity contribution in [1.29, 1.82) is 0 Å². The first-order valence-electron chi connectivity index (χ1n) is 28.6. The molecule has 4 aromatic carbocycles. The topological polar surface area (TPSA) is 68.3 Å². The molecule has 0 unspecified atom stereocenters. The van der Waals surface area contributed by atoms with Crippen LogP contribution in [0, 0.1) is 0 Å². The summed E-state index contributed by atoms with van der Waals surface area (Å²) in [5.74, 6) is 3.84. The molecule has 0 aliphatic carbocycles. The second-order valence-corrected chi connectivity index (χ2v) is 22.5. The van der Waals surface area contributed by atoms with Crippen molar-refractivity contribution in [3.05, 3.63) is 142 Å². The van der Waals surface area contributed by atoms with Crippen molar-refractivity contribution >= 4 is 65.1 Å². The third-order valence-corrected chi connectivity index (χ3v) is 13.9. The van der Waals surface area contributed by atoms with Gasteiger partial charge in [-0.1, -0.05) is 199 Å². The molecule has 418 valence electrons. The van der Waals surface area contributed by atoms with Crippen LogP contribution in [0.4, 0.5) is 22.7 Å². The molecule has 0 N–H and O–H groups in total. The molecule has 1 saturated heterocycles. The first kappa shape index (κ1) is 70.3. The van der Waals surface area contributed by atoms with Gasteiger partial charge < -0.3 is 47.7 Å². The minimum atomic E-state index is 0. The molecule has 1 fully saturated rings. The van der Waals surface area contributed by atoms with E-state index in [0.29, 0.717) is 127 Å². The Morgan fingerprint density at radius 1 is 0.269 bits per heavy atom. The van der Waals surface area contributed by atoms with E-state index >= 15 is 0 Å². The standard InChI is InChI=1S/2C26H36BN2.C12H24O6.K.Tl/c2*1-17(2)21-11-9-12-22(18(3)4)25(21)28-15-16-29(27-28)26-23(19(5)6)13-10-14-24(26)20(7)8;1-2-14-5-6-16-9-10-18-12-11-17-8-7-15-4-3-13-1;;/h2*9-20H,1-8H3;1-12H2;;/q2*-1;;2*+1. The Morgan fingerprint density at radius 2 is 0.397 bits per heavy atom. The molecule has 0 aromatic heterocycles. The van der Waals surface area contributed by atoms with Crippen LogP contribution in [0.5, 0.6) is 0 Å². The number of rotatable bonds is 12. The fourth-order valence-corrected chi connectivity index (χ4v) is 9.80. The van der Waals surface area contributed by atoms with Gasteiger partial charge in [0.2, 0.25) is 0 Å². The van der Waals surface area contributed by atoms with Crippen molar-refractivity contribution in [3.63, 3.8) is 0 Å². The van der Waals surface area contributed by atoms with Gasteiger partial charge in [0, 0.05) is 22.7 Å².